The molecule has 2 heterocycles. The second-order valence-electron chi connectivity index (χ2n) is 7.32. The SMILES string of the molecule is CC(C)(C)C(=O)NCCC(=O)N1CCC(N2CCNCC2)C1. The van der Waals surface area contributed by atoms with Gasteiger partial charge in [0.15, 0.2) is 0 Å². The number of likely N-dealkylation sites (tertiary alicyclic amines) is 1. The third-order valence-corrected chi connectivity index (χ3v) is 4.49. The molecule has 0 aromatic rings. The van der Waals surface area contributed by atoms with Gasteiger partial charge in [0, 0.05) is 63.7 Å². The summed E-state index contributed by atoms with van der Waals surface area (Å²) in [4.78, 5) is 28.5. The largest absolute Gasteiger partial charge is 0.355 e. The number of hydrogen-bond acceptors (Lipinski definition) is 4. The minimum Gasteiger partial charge on any atom is -0.355 e. The summed E-state index contributed by atoms with van der Waals surface area (Å²) in [7, 11) is 0. The van der Waals surface area contributed by atoms with Crippen molar-refractivity contribution in [2.45, 2.75) is 39.7 Å². The minimum absolute atomic E-state index is 0.000384. The van der Waals surface area contributed by atoms with Crippen LogP contribution >= 0.6 is 0 Å². The Morgan fingerprint density at radius 3 is 2.50 bits per heavy atom. The minimum atomic E-state index is -0.399. The molecule has 0 aliphatic carbocycles. The lowest BCUT2D eigenvalue weighted by Crippen LogP contribution is -2.49. The van der Waals surface area contributed by atoms with Gasteiger partial charge in [0.2, 0.25) is 11.8 Å². The molecule has 22 heavy (non-hydrogen) atoms. The molecule has 1 atom stereocenters. The molecule has 2 aliphatic heterocycles. The maximum Gasteiger partial charge on any atom is 0.225 e. The highest BCUT2D eigenvalue weighted by Gasteiger charge is 2.30. The molecule has 0 spiro atoms. The zero-order valence-corrected chi connectivity index (χ0v) is 14.2. The van der Waals surface area contributed by atoms with Crippen molar-refractivity contribution >= 4 is 11.8 Å². The Labute approximate surface area is 133 Å². The van der Waals surface area contributed by atoms with Crippen LogP contribution in [0.4, 0.5) is 0 Å². The standard InChI is InChI=1S/C16H30N4O2/c1-16(2,3)15(22)18-6-4-14(21)20-9-5-13(12-20)19-10-7-17-8-11-19/h13,17H,4-12H2,1-3H3,(H,18,22). The Balaban J connectivity index is 1.69. The Morgan fingerprint density at radius 2 is 1.86 bits per heavy atom. The summed E-state index contributed by atoms with van der Waals surface area (Å²) in [5.74, 6) is 0.159. The lowest BCUT2D eigenvalue weighted by molar-refractivity contribution is -0.131. The van der Waals surface area contributed by atoms with E-state index < -0.39 is 5.41 Å². The highest BCUT2D eigenvalue weighted by atomic mass is 16.2. The predicted molar refractivity (Wildman–Crippen MR) is 86.5 cm³/mol. The fourth-order valence-corrected chi connectivity index (χ4v) is 3.02. The van der Waals surface area contributed by atoms with Crippen molar-refractivity contribution in [3.8, 4) is 0 Å². The molecule has 1 unspecified atom stereocenters. The van der Waals surface area contributed by atoms with Crippen LogP contribution in [-0.2, 0) is 9.59 Å². The van der Waals surface area contributed by atoms with Gasteiger partial charge in [-0.05, 0) is 6.42 Å². The summed E-state index contributed by atoms with van der Waals surface area (Å²) in [5, 5.41) is 6.21. The first-order valence-electron chi connectivity index (χ1n) is 8.39. The van der Waals surface area contributed by atoms with Crippen molar-refractivity contribution in [1.29, 1.82) is 0 Å². The quantitative estimate of drug-likeness (QED) is 0.770. The second kappa shape index (κ2) is 7.42. The Bertz CT molecular complexity index is 399. The van der Waals surface area contributed by atoms with E-state index in [1.54, 1.807) is 0 Å². The van der Waals surface area contributed by atoms with Crippen LogP contribution in [0.1, 0.15) is 33.6 Å². The second-order valence-corrected chi connectivity index (χ2v) is 7.32. The number of rotatable bonds is 4. The molecule has 0 radical (unpaired) electrons. The first kappa shape index (κ1) is 17.2. The molecule has 0 aromatic heterocycles. The summed E-state index contributed by atoms with van der Waals surface area (Å²) in [5.41, 5.74) is -0.399. The normalized spacial score (nSPS) is 23.6. The first-order chi connectivity index (χ1) is 10.4. The van der Waals surface area contributed by atoms with Crippen molar-refractivity contribution < 1.29 is 9.59 Å². The molecule has 2 amide bonds. The predicted octanol–water partition coefficient (Wildman–Crippen LogP) is 0.0449. The molecule has 2 N–H and O–H groups in total. The van der Waals surface area contributed by atoms with E-state index in [9.17, 15) is 9.59 Å². The third kappa shape index (κ3) is 4.68. The lowest BCUT2D eigenvalue weighted by atomic mass is 9.96. The van der Waals surface area contributed by atoms with Crippen LogP contribution in [0.15, 0.2) is 0 Å². The monoisotopic (exact) mass is 310 g/mol. The molecule has 2 saturated heterocycles. The molecule has 0 saturated carbocycles. The number of nitrogens with zero attached hydrogens (tertiary/aromatic N) is 2. The summed E-state index contributed by atoms with van der Waals surface area (Å²) in [6.45, 7) is 12.0. The number of carbonyl (C=O) groups is 2. The van der Waals surface area contributed by atoms with Crippen molar-refractivity contribution in [3.05, 3.63) is 0 Å². The summed E-state index contributed by atoms with van der Waals surface area (Å²) in [6, 6.07) is 0.509. The Hall–Kier alpha value is -1.14. The van der Waals surface area contributed by atoms with Gasteiger partial charge in [0.05, 0.1) is 0 Å². The van der Waals surface area contributed by atoms with Gasteiger partial charge in [-0.1, -0.05) is 20.8 Å². The van der Waals surface area contributed by atoms with Gasteiger partial charge in [-0.15, -0.1) is 0 Å². The van der Waals surface area contributed by atoms with Gasteiger partial charge < -0.3 is 15.5 Å². The van der Waals surface area contributed by atoms with Crippen LogP contribution in [0, 0.1) is 5.41 Å². The molecule has 6 heteroatoms. The van der Waals surface area contributed by atoms with E-state index in [2.05, 4.69) is 15.5 Å². The summed E-state index contributed by atoms with van der Waals surface area (Å²) >= 11 is 0. The average molecular weight is 310 g/mol. The van der Waals surface area contributed by atoms with E-state index in [0.29, 0.717) is 19.0 Å². The van der Waals surface area contributed by atoms with Crippen LogP contribution < -0.4 is 10.6 Å². The summed E-state index contributed by atoms with van der Waals surface area (Å²) < 4.78 is 0. The highest BCUT2D eigenvalue weighted by Crippen LogP contribution is 2.17. The number of nitrogens with one attached hydrogen (secondary N) is 2. The molecule has 126 valence electrons. The molecule has 0 aromatic carbocycles. The van der Waals surface area contributed by atoms with Crippen molar-refractivity contribution in [1.82, 2.24) is 20.4 Å². The molecule has 0 bridgehead atoms. The van der Waals surface area contributed by atoms with Crippen LogP contribution in [0.5, 0.6) is 0 Å². The van der Waals surface area contributed by atoms with E-state index in [4.69, 9.17) is 0 Å². The van der Waals surface area contributed by atoms with E-state index in [0.717, 1.165) is 45.7 Å². The van der Waals surface area contributed by atoms with Crippen LogP contribution in [0.2, 0.25) is 0 Å². The van der Waals surface area contributed by atoms with Gasteiger partial charge in [-0.25, -0.2) is 0 Å². The maximum atomic E-state index is 12.2. The fraction of sp³-hybridized carbons (Fsp3) is 0.875. The topological polar surface area (TPSA) is 64.7 Å². The number of amides is 2. The fourth-order valence-electron chi connectivity index (χ4n) is 3.02. The van der Waals surface area contributed by atoms with E-state index >= 15 is 0 Å². The lowest BCUT2D eigenvalue weighted by Gasteiger charge is -2.32. The van der Waals surface area contributed by atoms with E-state index in [-0.39, 0.29) is 11.8 Å². The average Bonchev–Trinajstić information content (AvgIpc) is 2.97. The molecule has 2 fully saturated rings. The number of piperazine rings is 1. The van der Waals surface area contributed by atoms with E-state index in [1.807, 2.05) is 25.7 Å². The Morgan fingerprint density at radius 1 is 1.18 bits per heavy atom. The number of carbonyl (C=O) groups excluding carboxylic acids is 2. The van der Waals surface area contributed by atoms with Crippen LogP contribution in [0.25, 0.3) is 0 Å². The Kier molecular flexibility index (Phi) is 5.81. The highest BCUT2D eigenvalue weighted by molar-refractivity contribution is 5.82. The van der Waals surface area contributed by atoms with Crippen molar-refractivity contribution in [3.63, 3.8) is 0 Å². The van der Waals surface area contributed by atoms with Crippen LogP contribution in [0.3, 0.4) is 0 Å². The molecular formula is C16H30N4O2. The number of hydrogen-bond donors (Lipinski definition) is 2. The molecule has 2 rings (SSSR count). The van der Waals surface area contributed by atoms with E-state index in [1.165, 1.54) is 0 Å². The summed E-state index contributed by atoms with van der Waals surface area (Å²) in [6.07, 6.45) is 1.47. The first-order valence-corrected chi connectivity index (χ1v) is 8.39. The maximum absolute atomic E-state index is 12.2. The molecule has 2 aliphatic rings. The zero-order chi connectivity index (χ0) is 16.2. The van der Waals surface area contributed by atoms with Gasteiger partial charge in [-0.2, -0.15) is 0 Å². The van der Waals surface area contributed by atoms with Crippen molar-refractivity contribution in [2.24, 2.45) is 5.41 Å². The smallest absolute Gasteiger partial charge is 0.225 e. The van der Waals surface area contributed by atoms with Gasteiger partial charge in [0.25, 0.3) is 0 Å². The molecular weight excluding hydrogens is 280 g/mol. The van der Waals surface area contributed by atoms with Gasteiger partial charge in [0.1, 0.15) is 0 Å². The zero-order valence-electron chi connectivity index (χ0n) is 14.2. The third-order valence-electron chi connectivity index (χ3n) is 4.49. The van der Waals surface area contributed by atoms with Crippen LogP contribution in [-0.4, -0.2) is 73.5 Å². The van der Waals surface area contributed by atoms with Crippen molar-refractivity contribution in [2.75, 3.05) is 45.8 Å². The molecule has 6 nitrogen and oxygen atoms in total. The van der Waals surface area contributed by atoms with Gasteiger partial charge in [-0.3, -0.25) is 14.5 Å². The van der Waals surface area contributed by atoms with Gasteiger partial charge >= 0.3 is 0 Å².